The minimum atomic E-state index is -3.67. The van der Waals surface area contributed by atoms with Gasteiger partial charge in [0.2, 0.25) is 0 Å². The number of carbonyl (C=O) groups excluding carboxylic acids is 1. The smallest absolute Gasteiger partial charge is 0.308 e. The van der Waals surface area contributed by atoms with Crippen LogP contribution in [0.15, 0.2) is 0 Å². The van der Waals surface area contributed by atoms with Crippen molar-refractivity contribution in [3.63, 3.8) is 0 Å². The van der Waals surface area contributed by atoms with Crippen LogP contribution in [0.25, 0.3) is 0 Å². The summed E-state index contributed by atoms with van der Waals surface area (Å²) < 4.78 is 27.4. The molecule has 0 atom stereocenters. The molecular formula is C7H12ClNO4S. The molecule has 1 aliphatic rings. The highest BCUT2D eigenvalue weighted by molar-refractivity contribution is 8.11. The summed E-state index contributed by atoms with van der Waals surface area (Å²) in [5.41, 5.74) is 0. The fourth-order valence-electron chi connectivity index (χ4n) is 1.42. The Hall–Kier alpha value is -0.330. The standard InChI is InChI=1S/C7H12ClNO4S/c1-9(14(8,11)12)6-3-5(4-6)7(10)13-2/h5-6H,3-4H2,1-2H3. The van der Waals surface area contributed by atoms with E-state index < -0.39 is 9.24 Å². The van der Waals surface area contributed by atoms with E-state index in [0.29, 0.717) is 12.8 Å². The first-order valence-electron chi connectivity index (χ1n) is 4.11. The summed E-state index contributed by atoms with van der Waals surface area (Å²) in [7, 11) is 4.19. The quantitative estimate of drug-likeness (QED) is 0.529. The Bertz CT molecular complexity index is 323. The van der Waals surface area contributed by atoms with Gasteiger partial charge in [-0.3, -0.25) is 4.79 Å². The number of esters is 1. The average molecular weight is 242 g/mol. The van der Waals surface area contributed by atoms with E-state index in [-0.39, 0.29) is 17.9 Å². The monoisotopic (exact) mass is 241 g/mol. The molecule has 0 saturated heterocycles. The van der Waals surface area contributed by atoms with E-state index in [9.17, 15) is 13.2 Å². The normalized spacial score (nSPS) is 27.1. The van der Waals surface area contributed by atoms with Gasteiger partial charge in [0, 0.05) is 23.8 Å². The second-order valence-corrected chi connectivity index (χ2v) is 5.87. The van der Waals surface area contributed by atoms with E-state index in [4.69, 9.17) is 10.7 Å². The van der Waals surface area contributed by atoms with Crippen molar-refractivity contribution in [1.82, 2.24) is 4.31 Å². The number of ether oxygens (including phenoxy) is 1. The fraction of sp³-hybridized carbons (Fsp3) is 0.857. The number of hydrogen-bond donors (Lipinski definition) is 0. The van der Waals surface area contributed by atoms with Crippen molar-refractivity contribution in [3.05, 3.63) is 0 Å². The Morgan fingerprint density at radius 1 is 1.50 bits per heavy atom. The van der Waals surface area contributed by atoms with Crippen LogP contribution >= 0.6 is 10.7 Å². The molecule has 1 saturated carbocycles. The molecular weight excluding hydrogens is 230 g/mol. The molecule has 1 fully saturated rings. The Kier molecular flexibility index (Phi) is 3.39. The van der Waals surface area contributed by atoms with Gasteiger partial charge in [0.05, 0.1) is 13.0 Å². The maximum absolute atomic E-state index is 11.0. The Morgan fingerprint density at radius 2 is 2.00 bits per heavy atom. The van der Waals surface area contributed by atoms with Gasteiger partial charge in [-0.15, -0.1) is 0 Å². The second-order valence-electron chi connectivity index (χ2n) is 3.30. The predicted octanol–water partition coefficient (Wildman–Crippen LogP) is 0.353. The van der Waals surface area contributed by atoms with Crippen LogP contribution in [0.2, 0.25) is 0 Å². The lowest BCUT2D eigenvalue weighted by molar-refractivity contribution is -0.149. The maximum atomic E-state index is 11.0. The summed E-state index contributed by atoms with van der Waals surface area (Å²) in [4.78, 5) is 11.0. The van der Waals surface area contributed by atoms with Gasteiger partial charge in [-0.1, -0.05) is 0 Å². The Labute approximate surface area is 87.5 Å². The molecule has 82 valence electrons. The molecule has 7 heteroatoms. The van der Waals surface area contributed by atoms with Gasteiger partial charge in [0.15, 0.2) is 0 Å². The van der Waals surface area contributed by atoms with Crippen LogP contribution in [0.4, 0.5) is 0 Å². The van der Waals surface area contributed by atoms with E-state index in [2.05, 4.69) is 4.74 Å². The number of methoxy groups -OCH3 is 1. The topological polar surface area (TPSA) is 63.7 Å². The number of hydrogen-bond acceptors (Lipinski definition) is 4. The highest BCUT2D eigenvalue weighted by atomic mass is 35.7. The predicted molar refractivity (Wildman–Crippen MR) is 51.1 cm³/mol. The van der Waals surface area contributed by atoms with Crippen molar-refractivity contribution in [3.8, 4) is 0 Å². The molecule has 14 heavy (non-hydrogen) atoms. The van der Waals surface area contributed by atoms with E-state index in [1.807, 2.05) is 0 Å². The van der Waals surface area contributed by atoms with Crippen molar-refractivity contribution >= 4 is 25.9 Å². The molecule has 0 amide bonds. The molecule has 5 nitrogen and oxygen atoms in total. The zero-order chi connectivity index (χ0) is 10.9. The molecule has 0 spiro atoms. The van der Waals surface area contributed by atoms with Gasteiger partial charge < -0.3 is 4.74 Å². The van der Waals surface area contributed by atoms with Crippen molar-refractivity contribution < 1.29 is 17.9 Å². The summed E-state index contributed by atoms with van der Waals surface area (Å²) >= 11 is 0. The van der Waals surface area contributed by atoms with E-state index in [0.717, 1.165) is 4.31 Å². The van der Waals surface area contributed by atoms with Crippen LogP contribution in [0, 0.1) is 5.92 Å². The average Bonchev–Trinajstić information content (AvgIpc) is 1.99. The third-order valence-electron chi connectivity index (χ3n) is 2.51. The lowest BCUT2D eigenvalue weighted by Gasteiger charge is -2.37. The minimum absolute atomic E-state index is 0.179. The van der Waals surface area contributed by atoms with Crippen LogP contribution < -0.4 is 0 Å². The van der Waals surface area contributed by atoms with Crippen molar-refractivity contribution in [2.24, 2.45) is 5.92 Å². The molecule has 1 aliphatic carbocycles. The van der Waals surface area contributed by atoms with Crippen LogP contribution in [0.3, 0.4) is 0 Å². The summed E-state index contributed by atoms with van der Waals surface area (Å²) in [6.45, 7) is 0. The third-order valence-corrected chi connectivity index (χ3v) is 4.15. The zero-order valence-electron chi connectivity index (χ0n) is 7.94. The van der Waals surface area contributed by atoms with Crippen molar-refractivity contribution in [2.45, 2.75) is 18.9 Å². The van der Waals surface area contributed by atoms with Crippen LogP contribution in [0.1, 0.15) is 12.8 Å². The highest BCUT2D eigenvalue weighted by Gasteiger charge is 2.40. The molecule has 0 heterocycles. The maximum Gasteiger partial charge on any atom is 0.308 e. The summed E-state index contributed by atoms with van der Waals surface area (Å²) in [5.74, 6) is -0.479. The van der Waals surface area contributed by atoms with Crippen LogP contribution in [-0.2, 0) is 18.8 Å². The minimum Gasteiger partial charge on any atom is -0.469 e. The number of rotatable bonds is 3. The van der Waals surface area contributed by atoms with Crippen molar-refractivity contribution in [2.75, 3.05) is 14.2 Å². The first-order chi connectivity index (χ1) is 6.36. The molecule has 0 aliphatic heterocycles. The molecule has 0 bridgehead atoms. The summed E-state index contributed by atoms with van der Waals surface area (Å²) in [5, 5.41) is 0. The number of carbonyl (C=O) groups is 1. The van der Waals surface area contributed by atoms with E-state index in [1.54, 1.807) is 0 Å². The molecule has 0 radical (unpaired) electrons. The molecule has 0 aromatic heterocycles. The largest absolute Gasteiger partial charge is 0.469 e. The van der Waals surface area contributed by atoms with Gasteiger partial charge in [-0.2, -0.15) is 12.7 Å². The number of halogens is 1. The first kappa shape index (κ1) is 11.7. The lowest BCUT2D eigenvalue weighted by Crippen LogP contribution is -2.46. The van der Waals surface area contributed by atoms with E-state index >= 15 is 0 Å². The van der Waals surface area contributed by atoms with Gasteiger partial charge in [-0.25, -0.2) is 0 Å². The molecule has 0 N–H and O–H groups in total. The Balaban J connectivity index is 2.46. The van der Waals surface area contributed by atoms with Gasteiger partial charge in [0.1, 0.15) is 0 Å². The third kappa shape index (κ3) is 2.37. The van der Waals surface area contributed by atoms with E-state index in [1.165, 1.54) is 14.2 Å². The second kappa shape index (κ2) is 4.04. The summed E-state index contributed by atoms with van der Waals surface area (Å²) in [6, 6.07) is -0.179. The van der Waals surface area contributed by atoms with Crippen LogP contribution in [0.5, 0.6) is 0 Å². The molecule has 1 rings (SSSR count). The van der Waals surface area contributed by atoms with Crippen molar-refractivity contribution in [1.29, 1.82) is 0 Å². The Morgan fingerprint density at radius 3 is 2.36 bits per heavy atom. The fourth-order valence-corrected chi connectivity index (χ4v) is 2.29. The zero-order valence-corrected chi connectivity index (χ0v) is 9.51. The molecule has 0 aromatic rings. The summed E-state index contributed by atoms with van der Waals surface area (Å²) in [6.07, 6.45) is 0.963. The molecule has 0 unspecified atom stereocenters. The first-order valence-corrected chi connectivity index (χ1v) is 6.38. The molecule has 0 aromatic carbocycles. The van der Waals surface area contributed by atoms with Crippen LogP contribution in [-0.4, -0.2) is 38.9 Å². The van der Waals surface area contributed by atoms with Gasteiger partial charge in [-0.05, 0) is 12.8 Å². The van der Waals surface area contributed by atoms with Gasteiger partial charge >= 0.3 is 5.97 Å². The van der Waals surface area contributed by atoms with Gasteiger partial charge in [0.25, 0.3) is 9.24 Å². The highest BCUT2D eigenvalue weighted by Crippen LogP contribution is 2.33. The lowest BCUT2D eigenvalue weighted by atomic mass is 9.80. The number of nitrogens with zero attached hydrogens (tertiary/aromatic N) is 1. The SMILES string of the molecule is COC(=O)C1CC(N(C)S(=O)(=O)Cl)C1.